The zero-order chi connectivity index (χ0) is 14.9. The summed E-state index contributed by atoms with van der Waals surface area (Å²) in [6.45, 7) is 1.58. The Labute approximate surface area is 127 Å². The lowest BCUT2D eigenvalue weighted by Gasteiger charge is -2.25. The number of rotatable bonds is 8. The van der Waals surface area contributed by atoms with Gasteiger partial charge in [0.25, 0.3) is 0 Å². The second kappa shape index (κ2) is 8.57. The highest BCUT2D eigenvalue weighted by Crippen LogP contribution is 2.26. The van der Waals surface area contributed by atoms with Crippen LogP contribution in [0.3, 0.4) is 0 Å². The molecule has 0 fully saturated rings. The highest BCUT2D eigenvalue weighted by Gasteiger charge is 2.18. The van der Waals surface area contributed by atoms with E-state index in [-0.39, 0.29) is 12.2 Å². The minimum atomic E-state index is 0.0368. The maximum Gasteiger partial charge on any atom is 0.0958 e. The van der Waals surface area contributed by atoms with Crippen LogP contribution in [-0.4, -0.2) is 27.2 Å². The lowest BCUT2D eigenvalue weighted by atomic mass is 10.1. The van der Waals surface area contributed by atoms with Crippen LogP contribution in [0.25, 0.3) is 0 Å². The Kier molecular flexibility index (Phi) is 6.41. The average molecular weight is 284 g/mol. The Morgan fingerprint density at radius 1 is 0.714 bits per heavy atom. The molecule has 0 heterocycles. The molecule has 2 aromatic carbocycles. The number of hydrogen-bond acceptors (Lipinski definition) is 3. The van der Waals surface area contributed by atoms with Gasteiger partial charge in [-0.3, -0.25) is 0 Å². The minimum absolute atomic E-state index is 0.0368. The first-order valence-corrected chi connectivity index (χ1v) is 7.39. The molecular formula is C18H24N2O. The fourth-order valence-corrected chi connectivity index (χ4v) is 2.39. The van der Waals surface area contributed by atoms with Gasteiger partial charge in [0.1, 0.15) is 0 Å². The van der Waals surface area contributed by atoms with E-state index in [1.54, 1.807) is 0 Å². The Bertz CT molecular complexity index is 454. The molecule has 0 aromatic heterocycles. The van der Waals surface area contributed by atoms with Crippen LogP contribution >= 0.6 is 0 Å². The normalized spacial score (nSPS) is 13.8. The van der Waals surface area contributed by atoms with Crippen LogP contribution in [0.5, 0.6) is 0 Å². The molecule has 0 aliphatic heterocycles. The van der Waals surface area contributed by atoms with Gasteiger partial charge >= 0.3 is 0 Å². The molecule has 112 valence electrons. The second-order valence-electron chi connectivity index (χ2n) is 5.05. The van der Waals surface area contributed by atoms with Crippen molar-refractivity contribution in [2.75, 3.05) is 27.2 Å². The molecular weight excluding hydrogens is 260 g/mol. The summed E-state index contributed by atoms with van der Waals surface area (Å²) >= 11 is 0. The van der Waals surface area contributed by atoms with Crippen LogP contribution in [0, 0.1) is 0 Å². The van der Waals surface area contributed by atoms with E-state index in [4.69, 9.17) is 4.74 Å². The molecule has 0 aliphatic carbocycles. The van der Waals surface area contributed by atoms with Gasteiger partial charge < -0.3 is 15.4 Å². The van der Waals surface area contributed by atoms with Gasteiger partial charge in [0.05, 0.1) is 12.2 Å². The van der Waals surface area contributed by atoms with E-state index in [9.17, 15) is 0 Å². The molecule has 2 aromatic rings. The lowest BCUT2D eigenvalue weighted by Crippen LogP contribution is -2.26. The number of likely N-dealkylation sites (N-methyl/N-ethyl adjacent to an activating group) is 2. The molecule has 2 unspecified atom stereocenters. The molecule has 0 amide bonds. The number of nitrogens with one attached hydrogen (secondary N) is 2. The first-order chi connectivity index (χ1) is 10.3. The second-order valence-corrected chi connectivity index (χ2v) is 5.05. The van der Waals surface area contributed by atoms with Crippen molar-refractivity contribution in [2.45, 2.75) is 12.2 Å². The van der Waals surface area contributed by atoms with E-state index in [0.29, 0.717) is 0 Å². The van der Waals surface area contributed by atoms with E-state index in [1.807, 2.05) is 26.2 Å². The van der Waals surface area contributed by atoms with Gasteiger partial charge in [0.15, 0.2) is 0 Å². The van der Waals surface area contributed by atoms with Gasteiger partial charge in [-0.05, 0) is 25.2 Å². The summed E-state index contributed by atoms with van der Waals surface area (Å²) in [5, 5.41) is 6.44. The third kappa shape index (κ3) is 4.67. The highest BCUT2D eigenvalue weighted by atomic mass is 16.5. The maximum atomic E-state index is 6.38. The van der Waals surface area contributed by atoms with Crippen molar-refractivity contribution in [3.8, 4) is 0 Å². The van der Waals surface area contributed by atoms with Gasteiger partial charge in [-0.1, -0.05) is 60.7 Å². The zero-order valence-corrected chi connectivity index (χ0v) is 12.8. The summed E-state index contributed by atoms with van der Waals surface area (Å²) in [4.78, 5) is 0. The van der Waals surface area contributed by atoms with Crippen molar-refractivity contribution < 1.29 is 4.74 Å². The lowest BCUT2D eigenvalue weighted by molar-refractivity contribution is -0.0122. The number of benzene rings is 2. The Hall–Kier alpha value is -1.68. The van der Waals surface area contributed by atoms with Crippen molar-refractivity contribution >= 4 is 0 Å². The third-order valence-electron chi connectivity index (χ3n) is 3.45. The van der Waals surface area contributed by atoms with E-state index in [1.165, 1.54) is 11.1 Å². The summed E-state index contributed by atoms with van der Waals surface area (Å²) in [5.41, 5.74) is 2.40. The molecule has 3 nitrogen and oxygen atoms in total. The van der Waals surface area contributed by atoms with Gasteiger partial charge in [-0.15, -0.1) is 0 Å². The van der Waals surface area contributed by atoms with E-state index in [2.05, 4.69) is 59.2 Å². The molecule has 2 rings (SSSR count). The monoisotopic (exact) mass is 284 g/mol. The minimum Gasteiger partial charge on any atom is -0.363 e. The van der Waals surface area contributed by atoms with Crippen molar-refractivity contribution in [3.05, 3.63) is 71.8 Å². The van der Waals surface area contributed by atoms with Gasteiger partial charge in [0.2, 0.25) is 0 Å². The van der Waals surface area contributed by atoms with E-state index >= 15 is 0 Å². The standard InChI is InChI=1S/C18H24N2O/c1-19-13-17(15-9-5-3-6-10-15)21-18(14-20-2)16-11-7-4-8-12-16/h3-12,17-20H,13-14H2,1-2H3. The largest absolute Gasteiger partial charge is 0.363 e. The van der Waals surface area contributed by atoms with Crippen molar-refractivity contribution in [3.63, 3.8) is 0 Å². The third-order valence-corrected chi connectivity index (χ3v) is 3.45. The molecule has 0 spiro atoms. The molecule has 0 radical (unpaired) electrons. The smallest absolute Gasteiger partial charge is 0.0958 e. The van der Waals surface area contributed by atoms with Crippen LogP contribution < -0.4 is 10.6 Å². The molecule has 2 atom stereocenters. The van der Waals surface area contributed by atoms with E-state index < -0.39 is 0 Å². The average Bonchev–Trinajstić information content (AvgIpc) is 2.55. The fraction of sp³-hybridized carbons (Fsp3) is 0.333. The Morgan fingerprint density at radius 3 is 1.43 bits per heavy atom. The van der Waals surface area contributed by atoms with Crippen molar-refractivity contribution in [1.82, 2.24) is 10.6 Å². The maximum absolute atomic E-state index is 6.38. The van der Waals surface area contributed by atoms with Crippen LogP contribution in [0.15, 0.2) is 60.7 Å². The molecule has 0 bridgehead atoms. The van der Waals surface area contributed by atoms with Crippen LogP contribution in [-0.2, 0) is 4.74 Å². The summed E-state index contributed by atoms with van der Waals surface area (Å²) in [7, 11) is 3.91. The first-order valence-electron chi connectivity index (χ1n) is 7.39. The zero-order valence-electron chi connectivity index (χ0n) is 12.8. The number of ether oxygens (including phenoxy) is 1. The molecule has 0 aliphatic rings. The molecule has 0 saturated heterocycles. The Balaban J connectivity index is 2.16. The van der Waals surface area contributed by atoms with Crippen molar-refractivity contribution in [1.29, 1.82) is 0 Å². The van der Waals surface area contributed by atoms with Crippen LogP contribution in [0.1, 0.15) is 23.3 Å². The summed E-state index contributed by atoms with van der Waals surface area (Å²) in [5.74, 6) is 0. The summed E-state index contributed by atoms with van der Waals surface area (Å²) in [6.07, 6.45) is 0.0736. The molecule has 3 heteroatoms. The molecule has 21 heavy (non-hydrogen) atoms. The van der Waals surface area contributed by atoms with Gasteiger partial charge in [0, 0.05) is 13.1 Å². The van der Waals surface area contributed by atoms with Crippen LogP contribution in [0.2, 0.25) is 0 Å². The number of hydrogen-bond donors (Lipinski definition) is 2. The van der Waals surface area contributed by atoms with E-state index in [0.717, 1.165) is 13.1 Å². The predicted octanol–water partition coefficient (Wildman–Crippen LogP) is 2.92. The van der Waals surface area contributed by atoms with Crippen LogP contribution in [0.4, 0.5) is 0 Å². The topological polar surface area (TPSA) is 33.3 Å². The summed E-state index contributed by atoms with van der Waals surface area (Å²) in [6, 6.07) is 20.7. The molecule has 2 N–H and O–H groups in total. The fourth-order valence-electron chi connectivity index (χ4n) is 2.39. The van der Waals surface area contributed by atoms with Crippen molar-refractivity contribution in [2.24, 2.45) is 0 Å². The SMILES string of the molecule is CNCC(OC(CNC)c1ccccc1)c1ccccc1. The summed E-state index contributed by atoms with van der Waals surface area (Å²) < 4.78 is 6.38. The highest BCUT2D eigenvalue weighted by molar-refractivity contribution is 5.20. The van der Waals surface area contributed by atoms with Gasteiger partial charge in [-0.25, -0.2) is 0 Å². The van der Waals surface area contributed by atoms with Gasteiger partial charge in [-0.2, -0.15) is 0 Å². The Morgan fingerprint density at radius 2 is 1.10 bits per heavy atom. The molecule has 0 saturated carbocycles. The quantitative estimate of drug-likeness (QED) is 0.782. The first kappa shape index (κ1) is 15.7. The predicted molar refractivity (Wildman–Crippen MR) is 87.3 cm³/mol.